The molecule has 120 valence electrons. The van der Waals surface area contributed by atoms with Crippen LogP contribution in [0, 0.1) is 10.1 Å². The Hall–Kier alpha value is -3.17. The number of nitrogens with zero attached hydrogens (tertiary/aromatic N) is 3. The first-order chi connectivity index (χ1) is 10.8. The topological polar surface area (TPSA) is 89.7 Å². The number of aromatic nitrogens is 1. The smallest absolute Gasteiger partial charge is 0.405 e. The Balaban J connectivity index is 2.07. The zero-order valence-corrected chi connectivity index (χ0v) is 11.3. The lowest BCUT2D eigenvalue weighted by Crippen LogP contribution is -2.18. The summed E-state index contributed by atoms with van der Waals surface area (Å²) in [6, 6.07) is 7.98. The van der Waals surface area contributed by atoms with Crippen LogP contribution < -0.4 is 10.2 Å². The summed E-state index contributed by atoms with van der Waals surface area (Å²) in [6.45, 7) is 0. The zero-order chi connectivity index (χ0) is 16.9. The molecule has 0 bridgehead atoms. The van der Waals surface area contributed by atoms with Gasteiger partial charge in [0.05, 0.1) is 11.1 Å². The second-order valence-corrected chi connectivity index (χ2v) is 4.11. The van der Waals surface area contributed by atoms with Crippen LogP contribution in [-0.4, -0.2) is 22.5 Å². The number of pyridine rings is 1. The highest BCUT2D eigenvalue weighted by atomic mass is 19.4. The number of rotatable bonds is 5. The van der Waals surface area contributed by atoms with Gasteiger partial charge in [-0.05, 0) is 18.2 Å². The maximum absolute atomic E-state index is 12.3. The van der Waals surface area contributed by atoms with E-state index in [4.69, 9.17) is 0 Å². The molecule has 0 saturated heterocycles. The molecule has 23 heavy (non-hydrogen) atoms. The van der Waals surface area contributed by atoms with Gasteiger partial charge in [-0.2, -0.15) is 5.10 Å². The number of hydrazone groups is 1. The molecule has 0 atom stereocenters. The van der Waals surface area contributed by atoms with E-state index in [2.05, 4.69) is 20.2 Å². The highest BCUT2D eigenvalue weighted by Gasteiger charge is 2.31. The number of hydrogen-bond donors (Lipinski definition) is 1. The Morgan fingerprint density at radius 3 is 2.61 bits per heavy atom. The Kier molecular flexibility index (Phi) is 4.74. The summed E-state index contributed by atoms with van der Waals surface area (Å²) in [7, 11) is 0. The molecule has 7 nitrogen and oxygen atoms in total. The van der Waals surface area contributed by atoms with Gasteiger partial charge < -0.3 is 4.74 Å². The van der Waals surface area contributed by atoms with Crippen LogP contribution in [-0.2, 0) is 0 Å². The maximum Gasteiger partial charge on any atom is 0.573 e. The van der Waals surface area contributed by atoms with Gasteiger partial charge in [-0.25, -0.2) is 4.98 Å². The number of anilines is 1. The highest BCUT2D eigenvalue weighted by molar-refractivity contribution is 5.83. The molecular formula is C13H9F3N4O3. The fraction of sp³-hybridized carbons (Fsp3) is 0.0769. The van der Waals surface area contributed by atoms with E-state index in [0.717, 1.165) is 18.5 Å². The first kappa shape index (κ1) is 16.2. The van der Waals surface area contributed by atoms with E-state index in [0.29, 0.717) is 0 Å². The molecular weight excluding hydrogens is 317 g/mol. The minimum absolute atomic E-state index is 0.0965. The van der Waals surface area contributed by atoms with Crippen LogP contribution in [0.1, 0.15) is 5.56 Å². The second-order valence-electron chi connectivity index (χ2n) is 4.11. The molecule has 0 radical (unpaired) electrons. The summed E-state index contributed by atoms with van der Waals surface area (Å²) in [4.78, 5) is 13.6. The van der Waals surface area contributed by atoms with Gasteiger partial charge in [-0.1, -0.05) is 12.1 Å². The standard InChI is InChI=1S/C13H9F3N4O3/c14-13(15,16)23-11-4-2-1-3-9(11)7-18-19-12-6-5-10(8-17-12)20(21)22/h1-8H,(H,17,19). The summed E-state index contributed by atoms with van der Waals surface area (Å²) in [5.41, 5.74) is 2.35. The van der Waals surface area contributed by atoms with E-state index < -0.39 is 17.0 Å². The van der Waals surface area contributed by atoms with Crippen LogP contribution in [0.2, 0.25) is 0 Å². The van der Waals surface area contributed by atoms with E-state index >= 15 is 0 Å². The van der Waals surface area contributed by atoms with Crippen molar-refractivity contribution in [3.63, 3.8) is 0 Å². The summed E-state index contributed by atoms with van der Waals surface area (Å²) in [6.07, 6.45) is -2.67. The van der Waals surface area contributed by atoms with Gasteiger partial charge in [0, 0.05) is 11.6 Å². The third-order valence-corrected chi connectivity index (χ3v) is 2.49. The Bertz CT molecular complexity index is 717. The molecule has 0 aliphatic carbocycles. The van der Waals surface area contributed by atoms with Crippen molar-refractivity contribution in [3.8, 4) is 5.75 Å². The van der Waals surface area contributed by atoms with Crippen molar-refractivity contribution >= 4 is 17.7 Å². The van der Waals surface area contributed by atoms with Crippen LogP contribution in [0.15, 0.2) is 47.7 Å². The van der Waals surface area contributed by atoms with Gasteiger partial charge >= 0.3 is 6.36 Å². The van der Waals surface area contributed by atoms with Crippen molar-refractivity contribution in [2.75, 3.05) is 5.43 Å². The molecule has 0 aliphatic rings. The average molecular weight is 326 g/mol. The molecule has 0 aliphatic heterocycles. The quantitative estimate of drug-likeness (QED) is 0.517. The molecule has 1 aromatic heterocycles. The molecule has 2 rings (SSSR count). The number of hydrogen-bond acceptors (Lipinski definition) is 6. The predicted octanol–water partition coefficient (Wildman–Crippen LogP) is 3.33. The highest BCUT2D eigenvalue weighted by Crippen LogP contribution is 2.25. The number of ether oxygens (including phenoxy) is 1. The monoisotopic (exact) mass is 326 g/mol. The van der Waals surface area contributed by atoms with Crippen molar-refractivity contribution < 1.29 is 22.8 Å². The minimum atomic E-state index is -4.81. The number of para-hydroxylation sites is 1. The molecule has 10 heteroatoms. The van der Waals surface area contributed by atoms with Gasteiger partial charge in [0.2, 0.25) is 0 Å². The normalized spacial score (nSPS) is 11.4. The average Bonchev–Trinajstić information content (AvgIpc) is 2.48. The molecule has 1 heterocycles. The minimum Gasteiger partial charge on any atom is -0.405 e. The number of nitro groups is 1. The molecule has 0 saturated carbocycles. The van der Waals surface area contributed by atoms with Gasteiger partial charge in [0.25, 0.3) is 5.69 Å². The maximum atomic E-state index is 12.3. The third-order valence-electron chi connectivity index (χ3n) is 2.49. The third kappa shape index (κ3) is 4.95. The number of benzene rings is 1. The SMILES string of the molecule is O=[N+]([O-])c1ccc(NN=Cc2ccccc2OC(F)(F)F)nc1. The predicted molar refractivity (Wildman–Crippen MR) is 75.2 cm³/mol. The van der Waals surface area contributed by atoms with Crippen molar-refractivity contribution in [2.45, 2.75) is 6.36 Å². The summed E-state index contributed by atoms with van der Waals surface area (Å²) >= 11 is 0. The molecule has 0 unspecified atom stereocenters. The van der Waals surface area contributed by atoms with Crippen LogP contribution in [0.4, 0.5) is 24.7 Å². The summed E-state index contributed by atoms with van der Waals surface area (Å²) in [5.74, 6) is -0.205. The molecule has 0 spiro atoms. The first-order valence-electron chi connectivity index (χ1n) is 6.09. The summed E-state index contributed by atoms with van der Waals surface area (Å²) < 4.78 is 40.7. The van der Waals surface area contributed by atoms with E-state index in [1.165, 1.54) is 30.3 Å². The van der Waals surface area contributed by atoms with Crippen LogP contribution in [0.3, 0.4) is 0 Å². The fourth-order valence-corrected chi connectivity index (χ4v) is 1.53. The lowest BCUT2D eigenvalue weighted by atomic mass is 10.2. The summed E-state index contributed by atoms with van der Waals surface area (Å²) in [5, 5.41) is 14.2. The molecule has 0 amide bonds. The van der Waals surface area contributed by atoms with Gasteiger partial charge in [0.1, 0.15) is 17.8 Å². The Labute approximate surface area is 127 Å². The fourth-order valence-electron chi connectivity index (χ4n) is 1.53. The second kappa shape index (κ2) is 6.73. The van der Waals surface area contributed by atoms with Crippen molar-refractivity contribution in [1.82, 2.24) is 4.98 Å². The Morgan fingerprint density at radius 1 is 1.26 bits per heavy atom. The van der Waals surface area contributed by atoms with E-state index in [-0.39, 0.29) is 17.1 Å². The van der Waals surface area contributed by atoms with Crippen LogP contribution in [0.25, 0.3) is 0 Å². The van der Waals surface area contributed by atoms with E-state index in [9.17, 15) is 23.3 Å². The van der Waals surface area contributed by atoms with Crippen molar-refractivity contribution in [1.29, 1.82) is 0 Å². The van der Waals surface area contributed by atoms with E-state index in [1.807, 2.05) is 0 Å². The van der Waals surface area contributed by atoms with Crippen LogP contribution >= 0.6 is 0 Å². The number of nitrogens with one attached hydrogen (secondary N) is 1. The van der Waals surface area contributed by atoms with Crippen molar-refractivity contribution in [2.24, 2.45) is 5.10 Å². The zero-order valence-electron chi connectivity index (χ0n) is 11.3. The molecule has 0 fully saturated rings. The lowest BCUT2D eigenvalue weighted by molar-refractivity contribution is -0.385. The van der Waals surface area contributed by atoms with Gasteiger partial charge in [0.15, 0.2) is 0 Å². The molecule has 1 aromatic carbocycles. The van der Waals surface area contributed by atoms with Gasteiger partial charge in [-0.3, -0.25) is 15.5 Å². The molecule has 1 N–H and O–H groups in total. The number of alkyl halides is 3. The van der Waals surface area contributed by atoms with Crippen LogP contribution in [0.5, 0.6) is 5.75 Å². The first-order valence-corrected chi connectivity index (χ1v) is 6.09. The molecule has 2 aromatic rings. The Morgan fingerprint density at radius 2 is 2.00 bits per heavy atom. The van der Waals surface area contributed by atoms with Crippen molar-refractivity contribution in [3.05, 3.63) is 58.3 Å². The number of halogens is 3. The lowest BCUT2D eigenvalue weighted by Gasteiger charge is -2.10. The van der Waals surface area contributed by atoms with Gasteiger partial charge in [-0.15, -0.1) is 13.2 Å². The largest absolute Gasteiger partial charge is 0.573 e. The van der Waals surface area contributed by atoms with E-state index in [1.54, 1.807) is 0 Å².